The number of amides is 4. The summed E-state index contributed by atoms with van der Waals surface area (Å²) in [5, 5.41) is 13.2. The van der Waals surface area contributed by atoms with Crippen LogP contribution in [-0.2, 0) is 4.79 Å². The first kappa shape index (κ1) is 35.6. The number of fused-ring (bicyclic) bond motifs is 6. The average Bonchev–Trinajstić information content (AvgIpc) is 3.56. The third-order valence-electron chi connectivity index (χ3n) is 12.1. The molecule has 3 saturated heterocycles. The molecule has 4 aliphatic rings. The maximum Gasteiger partial charge on any atom is 0.328 e. The molecule has 57 heavy (non-hydrogen) atoms. The molecule has 0 bridgehead atoms. The lowest BCUT2D eigenvalue weighted by molar-refractivity contribution is -0.120. The van der Waals surface area contributed by atoms with Gasteiger partial charge in [0.05, 0.1) is 28.8 Å². The minimum Gasteiger partial charge on any atom is -0.381 e. The zero-order valence-corrected chi connectivity index (χ0v) is 32.8. The number of nitrogens with one attached hydrogen (secondary N) is 3. The van der Waals surface area contributed by atoms with Crippen molar-refractivity contribution in [2.45, 2.75) is 32.2 Å². The van der Waals surface area contributed by atoms with Gasteiger partial charge in [0.1, 0.15) is 4.88 Å². The SMILES string of the molecule is C[C@@H]1CNc2c(sc3ccc4nc(-c5cccc(N6CCC(CN7CCN(c8cccc9c(N%10CCC(=O)NC%10=O)cncc89)CC7)CC6)c5)ccc4c23)C(=O)N1. The number of pyridine rings is 2. The van der Waals surface area contributed by atoms with Crippen molar-refractivity contribution in [1.82, 2.24) is 25.5 Å². The lowest BCUT2D eigenvalue weighted by Crippen LogP contribution is -2.49. The average molecular weight is 780 g/mol. The molecule has 13 heteroatoms. The van der Waals surface area contributed by atoms with E-state index in [9.17, 15) is 14.4 Å². The first-order chi connectivity index (χ1) is 27.9. The topological polar surface area (TPSA) is 126 Å². The Morgan fingerprint density at radius 1 is 0.807 bits per heavy atom. The second-order valence-electron chi connectivity index (χ2n) is 15.8. The molecule has 290 valence electrons. The van der Waals surface area contributed by atoms with E-state index in [0.29, 0.717) is 19.0 Å². The van der Waals surface area contributed by atoms with E-state index < -0.39 is 6.03 Å². The lowest BCUT2D eigenvalue weighted by Gasteiger charge is -2.40. The van der Waals surface area contributed by atoms with Gasteiger partial charge in [-0.1, -0.05) is 24.3 Å². The van der Waals surface area contributed by atoms with Crippen molar-refractivity contribution in [3.05, 3.63) is 84.0 Å². The molecule has 3 aromatic heterocycles. The van der Waals surface area contributed by atoms with Crippen LogP contribution in [0.2, 0.25) is 0 Å². The van der Waals surface area contributed by atoms with E-state index in [2.05, 4.69) is 96.3 Å². The number of rotatable bonds is 6. The number of aromatic nitrogens is 2. The summed E-state index contributed by atoms with van der Waals surface area (Å²) in [7, 11) is 0. The Hall–Kier alpha value is -5.79. The number of nitrogens with zero attached hydrogens (tertiary/aromatic N) is 6. The number of benzene rings is 3. The van der Waals surface area contributed by atoms with Crippen molar-refractivity contribution < 1.29 is 14.4 Å². The number of piperazine rings is 1. The highest BCUT2D eigenvalue weighted by Crippen LogP contribution is 2.41. The number of thiophene rings is 1. The monoisotopic (exact) mass is 779 g/mol. The molecule has 0 spiro atoms. The Labute approximate surface area is 334 Å². The Bertz CT molecular complexity index is 2560. The Kier molecular flexibility index (Phi) is 9.13. The van der Waals surface area contributed by atoms with E-state index in [1.165, 1.54) is 17.0 Å². The zero-order valence-electron chi connectivity index (χ0n) is 32.0. The highest BCUT2D eigenvalue weighted by atomic mass is 32.1. The van der Waals surface area contributed by atoms with Gasteiger partial charge < -0.3 is 20.4 Å². The van der Waals surface area contributed by atoms with Gasteiger partial charge in [0.15, 0.2) is 0 Å². The van der Waals surface area contributed by atoms with Crippen LogP contribution in [0, 0.1) is 5.92 Å². The van der Waals surface area contributed by atoms with Crippen molar-refractivity contribution in [3.8, 4) is 11.3 Å². The molecule has 7 heterocycles. The second-order valence-corrected chi connectivity index (χ2v) is 16.9. The maximum absolute atomic E-state index is 12.9. The fourth-order valence-electron chi connectivity index (χ4n) is 9.11. The van der Waals surface area contributed by atoms with Gasteiger partial charge in [-0.05, 0) is 68.1 Å². The third kappa shape index (κ3) is 6.68. The van der Waals surface area contributed by atoms with Crippen LogP contribution in [-0.4, -0.2) is 97.7 Å². The summed E-state index contributed by atoms with van der Waals surface area (Å²) in [6.07, 6.45) is 6.23. The van der Waals surface area contributed by atoms with E-state index in [4.69, 9.17) is 4.98 Å². The highest BCUT2D eigenvalue weighted by molar-refractivity contribution is 7.21. The lowest BCUT2D eigenvalue weighted by atomic mass is 9.95. The maximum atomic E-state index is 12.9. The van der Waals surface area contributed by atoms with Crippen LogP contribution in [0.25, 0.3) is 43.0 Å². The molecule has 4 aliphatic heterocycles. The van der Waals surface area contributed by atoms with Crippen molar-refractivity contribution in [2.75, 3.05) is 78.9 Å². The van der Waals surface area contributed by atoms with Crippen LogP contribution >= 0.6 is 11.3 Å². The number of anilines is 4. The summed E-state index contributed by atoms with van der Waals surface area (Å²) in [5.41, 5.74) is 7.03. The number of piperidine rings is 1. The molecule has 10 rings (SSSR count). The van der Waals surface area contributed by atoms with Crippen LogP contribution in [0.1, 0.15) is 35.9 Å². The fraction of sp³-hybridized carbons (Fsp3) is 0.341. The van der Waals surface area contributed by atoms with Crippen LogP contribution in [0.5, 0.6) is 0 Å². The first-order valence-electron chi connectivity index (χ1n) is 20.1. The molecule has 3 N–H and O–H groups in total. The minimum absolute atomic E-state index is 0.0134. The molecule has 0 unspecified atom stereocenters. The molecular weight excluding hydrogens is 735 g/mol. The van der Waals surface area contributed by atoms with Gasteiger partial charge in [0.25, 0.3) is 5.91 Å². The van der Waals surface area contributed by atoms with Crippen molar-refractivity contribution in [1.29, 1.82) is 0 Å². The second kappa shape index (κ2) is 14.6. The van der Waals surface area contributed by atoms with Gasteiger partial charge in [0, 0.05) is 121 Å². The molecular formula is C44H45N9O3S. The van der Waals surface area contributed by atoms with Crippen LogP contribution < -0.4 is 30.7 Å². The summed E-state index contributed by atoms with van der Waals surface area (Å²) in [5.74, 6) is 0.411. The van der Waals surface area contributed by atoms with E-state index >= 15 is 0 Å². The fourth-order valence-corrected chi connectivity index (χ4v) is 10.2. The van der Waals surface area contributed by atoms with Crippen LogP contribution in [0.3, 0.4) is 0 Å². The summed E-state index contributed by atoms with van der Waals surface area (Å²) in [6.45, 7) is 10.1. The quantitative estimate of drug-likeness (QED) is 0.170. The van der Waals surface area contributed by atoms with E-state index in [-0.39, 0.29) is 24.3 Å². The molecule has 6 aromatic rings. The number of urea groups is 1. The smallest absolute Gasteiger partial charge is 0.328 e. The van der Waals surface area contributed by atoms with E-state index in [1.807, 2.05) is 19.2 Å². The summed E-state index contributed by atoms with van der Waals surface area (Å²) >= 11 is 1.54. The molecule has 0 radical (unpaired) electrons. The van der Waals surface area contributed by atoms with Crippen LogP contribution in [0.15, 0.2) is 79.1 Å². The third-order valence-corrected chi connectivity index (χ3v) is 13.3. The van der Waals surface area contributed by atoms with E-state index in [1.54, 1.807) is 11.1 Å². The van der Waals surface area contributed by atoms with Gasteiger partial charge in [-0.2, -0.15) is 0 Å². The Balaban J connectivity index is 0.772. The Morgan fingerprint density at radius 2 is 1.65 bits per heavy atom. The van der Waals surface area contributed by atoms with Gasteiger partial charge >= 0.3 is 6.03 Å². The predicted octanol–water partition coefficient (Wildman–Crippen LogP) is 6.69. The number of hydrogen-bond donors (Lipinski definition) is 3. The predicted molar refractivity (Wildman–Crippen MR) is 229 cm³/mol. The normalized spacial score (nSPS) is 19.8. The molecule has 4 amide bonds. The first-order valence-corrected chi connectivity index (χ1v) is 20.9. The molecule has 1 atom stereocenters. The molecule has 0 aliphatic carbocycles. The Morgan fingerprint density at radius 3 is 2.49 bits per heavy atom. The van der Waals surface area contributed by atoms with Crippen molar-refractivity contribution in [2.24, 2.45) is 5.92 Å². The number of carbonyl (C=O) groups is 3. The van der Waals surface area contributed by atoms with Gasteiger partial charge in [-0.25, -0.2) is 9.78 Å². The van der Waals surface area contributed by atoms with Gasteiger partial charge in [-0.15, -0.1) is 11.3 Å². The zero-order chi connectivity index (χ0) is 38.6. The standard InChI is InChI=1S/C44H45N9O3S/c1-27-23-46-41-40-32-8-9-34(48-35(32)10-11-38(40)57-42(41)43(55)47-27)29-4-2-5-30(22-29)51-15-12-28(13-16-51)26-50-18-20-52(21-19-50)36-7-3-6-31-33(36)24-45-25-37(31)53-17-14-39(54)49-44(53)56/h2-11,22,24-25,27-28,46H,12-21,23,26H2,1H3,(H,47,55)(H,49,54,56)/t27-/m1/s1. The summed E-state index contributed by atoms with van der Waals surface area (Å²) in [4.78, 5) is 56.9. The summed E-state index contributed by atoms with van der Waals surface area (Å²) in [6, 6.07) is 23.2. The molecule has 3 fully saturated rings. The van der Waals surface area contributed by atoms with Gasteiger partial charge in [0.2, 0.25) is 5.91 Å². The molecule has 3 aromatic carbocycles. The molecule has 0 saturated carbocycles. The summed E-state index contributed by atoms with van der Waals surface area (Å²) < 4.78 is 1.09. The molecule has 12 nitrogen and oxygen atoms in total. The van der Waals surface area contributed by atoms with Crippen LogP contribution in [0.4, 0.5) is 27.5 Å². The highest BCUT2D eigenvalue weighted by Gasteiger charge is 2.29. The minimum atomic E-state index is -0.391. The number of carbonyl (C=O) groups excluding carboxylic acids is 3. The van der Waals surface area contributed by atoms with E-state index in [0.717, 1.165) is 124 Å². The van der Waals surface area contributed by atoms with Gasteiger partial charge in [-0.3, -0.25) is 29.7 Å². The van der Waals surface area contributed by atoms with Crippen molar-refractivity contribution in [3.63, 3.8) is 0 Å². The van der Waals surface area contributed by atoms with Crippen molar-refractivity contribution >= 4 is 83.7 Å². The largest absolute Gasteiger partial charge is 0.381 e. The number of hydrogen-bond acceptors (Lipinski definition) is 10. The number of imide groups is 1.